The van der Waals surface area contributed by atoms with Crippen LogP contribution in [0.2, 0.25) is 0 Å². The maximum absolute atomic E-state index is 2.43. The minimum Gasteiger partial charge on any atom is -0.151 e. The van der Waals surface area contributed by atoms with E-state index < -0.39 is 0 Å². The van der Waals surface area contributed by atoms with Gasteiger partial charge in [-0.15, -0.1) is 0 Å². The van der Waals surface area contributed by atoms with Gasteiger partial charge in [-0.05, 0) is 203 Å². The normalized spacial score (nSPS) is 11.8. The van der Waals surface area contributed by atoms with E-state index in [1.165, 1.54) is 131 Å². The summed E-state index contributed by atoms with van der Waals surface area (Å²) in [7, 11) is 0. The van der Waals surface area contributed by atoms with E-state index in [0.717, 1.165) is 0 Å². The molecule has 0 unspecified atom stereocenters. The molecule has 294 valence electrons. The fourth-order valence-electron chi connectivity index (χ4n) is 9.65. The molecule has 0 saturated carbocycles. The lowest BCUT2D eigenvalue weighted by Crippen LogP contribution is -1.89. The maximum atomic E-state index is 2.43. The van der Waals surface area contributed by atoms with Crippen molar-refractivity contribution in [1.29, 1.82) is 0 Å². The van der Waals surface area contributed by atoms with Gasteiger partial charge in [-0.3, -0.25) is 0 Å². The minimum atomic E-state index is 1.22. The van der Waals surface area contributed by atoms with E-state index in [2.05, 4.69) is 214 Å². The van der Waals surface area contributed by atoms with Crippen LogP contribution >= 0.6 is 34.0 Å². The van der Waals surface area contributed by atoms with Crippen molar-refractivity contribution in [2.45, 2.75) is 0 Å². The van der Waals surface area contributed by atoms with Crippen LogP contribution < -0.4 is 0 Å². The Kier molecular flexibility index (Phi) is 8.55. The standard InChI is InChI=1S/C60H36S3/c1-4-10-40-22-49-25-46(16-13-43(49)19-37(40)7-1)55-31-61-34-58(55)52-28-53(59-35-62-32-56(59)47-17-14-44-20-38-8-2-5-11-41(38)23-50(44)26-47)30-54(29-52)60-36-63-33-57(60)48-18-15-45-21-39-9-3-6-12-42(39)24-51(45)27-48/h1-36H. The molecule has 0 atom stereocenters. The third kappa shape index (κ3) is 6.39. The number of hydrogen-bond donors (Lipinski definition) is 0. The predicted octanol–water partition coefficient (Wildman–Crippen LogP) is 18.8. The molecule has 0 aliphatic rings. The third-order valence-electron chi connectivity index (χ3n) is 12.9. The molecule has 3 heterocycles. The molecule has 0 aliphatic heterocycles. The minimum absolute atomic E-state index is 1.22. The van der Waals surface area contributed by atoms with Crippen molar-refractivity contribution in [3.8, 4) is 66.8 Å². The van der Waals surface area contributed by atoms with Gasteiger partial charge in [0.1, 0.15) is 0 Å². The Morgan fingerprint density at radius 1 is 0.175 bits per heavy atom. The summed E-state index contributed by atoms with van der Waals surface area (Å²) in [6.07, 6.45) is 0. The molecule has 0 bridgehead atoms. The summed E-state index contributed by atoms with van der Waals surface area (Å²) < 4.78 is 0. The highest BCUT2D eigenvalue weighted by Gasteiger charge is 2.19. The molecule has 10 aromatic carbocycles. The lowest BCUT2D eigenvalue weighted by Gasteiger charge is -2.14. The molecule has 0 saturated heterocycles. The van der Waals surface area contributed by atoms with Crippen LogP contribution in [0.25, 0.3) is 131 Å². The first kappa shape index (κ1) is 36.5. The van der Waals surface area contributed by atoms with Crippen LogP contribution in [0.1, 0.15) is 0 Å². The van der Waals surface area contributed by atoms with E-state index in [9.17, 15) is 0 Å². The molecule has 13 rings (SSSR count). The van der Waals surface area contributed by atoms with Crippen molar-refractivity contribution in [2.75, 3.05) is 0 Å². The highest BCUT2D eigenvalue weighted by atomic mass is 32.1. The van der Waals surface area contributed by atoms with Crippen molar-refractivity contribution in [2.24, 2.45) is 0 Å². The highest BCUT2D eigenvalue weighted by molar-refractivity contribution is 7.09. The molecule has 3 heteroatoms. The van der Waals surface area contributed by atoms with Gasteiger partial charge in [0.25, 0.3) is 0 Å². The largest absolute Gasteiger partial charge is 0.151 e. The number of benzene rings is 10. The van der Waals surface area contributed by atoms with E-state index in [1.54, 1.807) is 34.0 Å². The zero-order valence-electron chi connectivity index (χ0n) is 34.0. The maximum Gasteiger partial charge on any atom is 0.000228 e. The first-order valence-corrected chi connectivity index (χ1v) is 24.1. The van der Waals surface area contributed by atoms with Crippen LogP contribution in [0.4, 0.5) is 0 Å². The van der Waals surface area contributed by atoms with Crippen LogP contribution in [0, 0.1) is 0 Å². The molecule has 0 spiro atoms. The van der Waals surface area contributed by atoms with E-state index in [1.807, 2.05) is 0 Å². The van der Waals surface area contributed by atoms with Crippen LogP contribution in [0.3, 0.4) is 0 Å². The van der Waals surface area contributed by atoms with Crippen molar-refractivity contribution < 1.29 is 0 Å². The molecular formula is C60H36S3. The van der Waals surface area contributed by atoms with Gasteiger partial charge in [0, 0.05) is 33.4 Å². The molecule has 3 aromatic heterocycles. The van der Waals surface area contributed by atoms with Gasteiger partial charge in [-0.2, -0.15) is 34.0 Å². The molecule has 0 amide bonds. The summed E-state index contributed by atoms with van der Waals surface area (Å²) in [4.78, 5) is 0. The summed E-state index contributed by atoms with van der Waals surface area (Å²) in [5.41, 5.74) is 14.9. The number of fused-ring (bicyclic) bond motifs is 6. The average Bonchev–Trinajstić information content (AvgIpc) is 4.14. The van der Waals surface area contributed by atoms with Crippen LogP contribution in [-0.2, 0) is 0 Å². The molecule has 63 heavy (non-hydrogen) atoms. The van der Waals surface area contributed by atoms with Gasteiger partial charge in [-0.1, -0.05) is 109 Å². The van der Waals surface area contributed by atoms with Gasteiger partial charge < -0.3 is 0 Å². The lowest BCUT2D eigenvalue weighted by atomic mass is 9.89. The summed E-state index contributed by atoms with van der Waals surface area (Å²) in [6, 6.07) is 68.1. The average molecular weight is 853 g/mol. The molecule has 0 radical (unpaired) electrons. The molecule has 0 nitrogen and oxygen atoms in total. The Morgan fingerprint density at radius 2 is 0.397 bits per heavy atom. The van der Waals surface area contributed by atoms with Gasteiger partial charge in [0.15, 0.2) is 0 Å². The Hall–Kier alpha value is -7.14. The van der Waals surface area contributed by atoms with Gasteiger partial charge >= 0.3 is 0 Å². The van der Waals surface area contributed by atoms with Crippen LogP contribution in [-0.4, -0.2) is 0 Å². The number of rotatable bonds is 6. The SMILES string of the molecule is c1ccc2cc3cc(-c4cscc4-c4cc(-c5cscc5-c5ccc6cc7ccccc7cc6c5)cc(-c5cscc5-c5ccc6cc7ccccc7cc6c5)c4)ccc3cc2c1. The second-order valence-electron chi connectivity index (χ2n) is 16.7. The Morgan fingerprint density at radius 3 is 0.667 bits per heavy atom. The Labute approximate surface area is 377 Å². The van der Waals surface area contributed by atoms with Crippen LogP contribution in [0.15, 0.2) is 214 Å². The second-order valence-corrected chi connectivity index (χ2v) is 18.9. The van der Waals surface area contributed by atoms with E-state index in [0.29, 0.717) is 0 Å². The van der Waals surface area contributed by atoms with Crippen molar-refractivity contribution in [3.05, 3.63) is 214 Å². The predicted molar refractivity (Wildman–Crippen MR) is 278 cm³/mol. The molecule has 0 N–H and O–H groups in total. The highest BCUT2D eigenvalue weighted by Crippen LogP contribution is 2.46. The summed E-state index contributed by atoms with van der Waals surface area (Å²) in [5.74, 6) is 0. The van der Waals surface area contributed by atoms with E-state index in [-0.39, 0.29) is 0 Å². The first-order valence-electron chi connectivity index (χ1n) is 21.3. The van der Waals surface area contributed by atoms with E-state index >= 15 is 0 Å². The van der Waals surface area contributed by atoms with Gasteiger partial charge in [0.2, 0.25) is 0 Å². The molecular weight excluding hydrogens is 817 g/mol. The molecule has 13 aromatic rings. The second kappa shape index (κ2) is 14.8. The third-order valence-corrected chi connectivity index (χ3v) is 15.1. The van der Waals surface area contributed by atoms with Crippen molar-refractivity contribution in [3.63, 3.8) is 0 Å². The number of hydrogen-bond acceptors (Lipinski definition) is 3. The summed E-state index contributed by atoms with van der Waals surface area (Å²) >= 11 is 5.33. The monoisotopic (exact) mass is 852 g/mol. The smallest absolute Gasteiger partial charge is 0.000228 e. The first-order chi connectivity index (χ1) is 31.1. The fraction of sp³-hybridized carbons (Fsp3) is 0. The summed E-state index contributed by atoms with van der Waals surface area (Å²) in [6.45, 7) is 0. The number of thiophene rings is 3. The van der Waals surface area contributed by atoms with E-state index in [4.69, 9.17) is 0 Å². The zero-order chi connectivity index (χ0) is 41.4. The Bertz CT molecular complexity index is 3510. The quantitative estimate of drug-likeness (QED) is 0.146. The lowest BCUT2D eigenvalue weighted by molar-refractivity contribution is 1.61. The summed E-state index contributed by atoms with van der Waals surface area (Å²) in [5, 5.41) is 29.2. The van der Waals surface area contributed by atoms with Gasteiger partial charge in [-0.25, -0.2) is 0 Å². The fourth-order valence-corrected chi connectivity index (χ4v) is 12.2. The van der Waals surface area contributed by atoms with Crippen LogP contribution in [0.5, 0.6) is 0 Å². The Balaban J connectivity index is 0.975. The molecule has 0 fully saturated rings. The topological polar surface area (TPSA) is 0 Å². The van der Waals surface area contributed by atoms with Crippen molar-refractivity contribution >= 4 is 98.6 Å². The molecule has 0 aliphatic carbocycles. The van der Waals surface area contributed by atoms with Gasteiger partial charge in [0.05, 0.1) is 0 Å². The van der Waals surface area contributed by atoms with Crippen molar-refractivity contribution in [1.82, 2.24) is 0 Å². The zero-order valence-corrected chi connectivity index (χ0v) is 36.5.